The molecule has 2 unspecified atom stereocenters. The Kier molecular flexibility index (Phi) is 3.14. The van der Waals surface area contributed by atoms with E-state index in [1.807, 2.05) is 0 Å². The van der Waals surface area contributed by atoms with E-state index in [-0.39, 0.29) is 17.9 Å². The topological polar surface area (TPSA) is 78.4 Å². The number of carbonyl (C=O) groups is 2. The SMILES string of the molecule is O=C(O)NC1CC(=O)NC1c1ccc(F)cc1F. The van der Waals surface area contributed by atoms with Crippen LogP contribution in [0, 0.1) is 11.6 Å². The highest BCUT2D eigenvalue weighted by Gasteiger charge is 2.36. The normalized spacial score (nSPS) is 22.7. The van der Waals surface area contributed by atoms with E-state index in [4.69, 9.17) is 5.11 Å². The third-order valence-electron chi connectivity index (χ3n) is 2.73. The Morgan fingerprint density at radius 3 is 2.78 bits per heavy atom. The highest BCUT2D eigenvalue weighted by atomic mass is 19.1. The number of carbonyl (C=O) groups excluding carboxylic acids is 1. The lowest BCUT2D eigenvalue weighted by molar-refractivity contribution is -0.119. The van der Waals surface area contributed by atoms with Crippen LogP contribution in [0.15, 0.2) is 18.2 Å². The molecule has 1 heterocycles. The standard InChI is InChI=1S/C11H10F2N2O3/c12-5-1-2-6(7(13)3-5)10-8(14-11(17)18)4-9(16)15-10/h1-3,8,10,14H,4H2,(H,15,16)(H,17,18). The first-order valence-electron chi connectivity index (χ1n) is 5.21. The lowest BCUT2D eigenvalue weighted by Gasteiger charge is -2.19. The van der Waals surface area contributed by atoms with Gasteiger partial charge in [0.15, 0.2) is 0 Å². The van der Waals surface area contributed by atoms with E-state index in [2.05, 4.69) is 10.6 Å². The number of halogens is 2. The quantitative estimate of drug-likeness (QED) is 0.743. The molecule has 96 valence electrons. The van der Waals surface area contributed by atoms with Gasteiger partial charge in [-0.05, 0) is 6.07 Å². The Morgan fingerprint density at radius 2 is 2.17 bits per heavy atom. The van der Waals surface area contributed by atoms with Crippen molar-refractivity contribution in [3.63, 3.8) is 0 Å². The number of benzene rings is 1. The lowest BCUT2D eigenvalue weighted by Crippen LogP contribution is -2.38. The van der Waals surface area contributed by atoms with Crippen LogP contribution in [0.5, 0.6) is 0 Å². The average molecular weight is 256 g/mol. The molecule has 1 aromatic carbocycles. The maximum atomic E-state index is 13.6. The van der Waals surface area contributed by atoms with Crippen LogP contribution >= 0.6 is 0 Å². The van der Waals surface area contributed by atoms with Crippen molar-refractivity contribution in [1.82, 2.24) is 10.6 Å². The fraction of sp³-hybridized carbons (Fsp3) is 0.273. The molecule has 2 amide bonds. The second-order valence-electron chi connectivity index (χ2n) is 3.97. The van der Waals surface area contributed by atoms with Gasteiger partial charge in [-0.15, -0.1) is 0 Å². The van der Waals surface area contributed by atoms with Crippen LogP contribution in [0.25, 0.3) is 0 Å². The van der Waals surface area contributed by atoms with E-state index in [0.29, 0.717) is 6.07 Å². The Hall–Kier alpha value is -2.18. The van der Waals surface area contributed by atoms with E-state index in [1.54, 1.807) is 0 Å². The van der Waals surface area contributed by atoms with E-state index >= 15 is 0 Å². The summed E-state index contributed by atoms with van der Waals surface area (Å²) in [4.78, 5) is 21.8. The molecule has 2 atom stereocenters. The van der Waals surface area contributed by atoms with Gasteiger partial charge in [0, 0.05) is 18.1 Å². The van der Waals surface area contributed by atoms with Crippen molar-refractivity contribution in [3.05, 3.63) is 35.4 Å². The summed E-state index contributed by atoms with van der Waals surface area (Å²) in [5.41, 5.74) is 0.0565. The van der Waals surface area contributed by atoms with Crippen LogP contribution < -0.4 is 10.6 Å². The van der Waals surface area contributed by atoms with Gasteiger partial charge >= 0.3 is 6.09 Å². The molecule has 0 radical (unpaired) electrons. The second-order valence-corrected chi connectivity index (χ2v) is 3.97. The van der Waals surface area contributed by atoms with Crippen molar-refractivity contribution < 1.29 is 23.5 Å². The van der Waals surface area contributed by atoms with Crippen molar-refractivity contribution in [1.29, 1.82) is 0 Å². The molecule has 1 aliphatic rings. The van der Waals surface area contributed by atoms with Gasteiger partial charge < -0.3 is 15.7 Å². The molecule has 7 heteroatoms. The van der Waals surface area contributed by atoms with Gasteiger partial charge in [-0.3, -0.25) is 4.79 Å². The van der Waals surface area contributed by atoms with Crippen molar-refractivity contribution in [3.8, 4) is 0 Å². The summed E-state index contributed by atoms with van der Waals surface area (Å²) >= 11 is 0. The molecule has 0 spiro atoms. The molecule has 0 bridgehead atoms. The van der Waals surface area contributed by atoms with Crippen LogP contribution in [-0.2, 0) is 4.79 Å². The molecule has 0 saturated carbocycles. The van der Waals surface area contributed by atoms with Gasteiger partial charge in [0.25, 0.3) is 0 Å². The number of amides is 2. The second kappa shape index (κ2) is 4.59. The maximum absolute atomic E-state index is 13.6. The van der Waals surface area contributed by atoms with Crippen molar-refractivity contribution in [2.75, 3.05) is 0 Å². The van der Waals surface area contributed by atoms with E-state index in [9.17, 15) is 18.4 Å². The number of hydrogen-bond donors (Lipinski definition) is 3. The number of hydrogen-bond acceptors (Lipinski definition) is 2. The van der Waals surface area contributed by atoms with Gasteiger partial charge in [-0.2, -0.15) is 0 Å². The fourth-order valence-corrected chi connectivity index (χ4v) is 1.99. The highest BCUT2D eigenvalue weighted by molar-refractivity contribution is 5.81. The largest absolute Gasteiger partial charge is 0.465 e. The smallest absolute Gasteiger partial charge is 0.404 e. The van der Waals surface area contributed by atoms with Crippen LogP contribution in [0.2, 0.25) is 0 Å². The molecular weight excluding hydrogens is 246 g/mol. The molecule has 1 aromatic rings. The van der Waals surface area contributed by atoms with Crippen LogP contribution in [-0.4, -0.2) is 23.1 Å². The molecule has 2 rings (SSSR count). The third kappa shape index (κ3) is 2.39. The van der Waals surface area contributed by atoms with Crippen LogP contribution in [0.3, 0.4) is 0 Å². The summed E-state index contributed by atoms with van der Waals surface area (Å²) in [5, 5.41) is 13.2. The van der Waals surface area contributed by atoms with E-state index in [1.165, 1.54) is 6.07 Å². The number of rotatable bonds is 2. The lowest BCUT2D eigenvalue weighted by atomic mass is 10.0. The summed E-state index contributed by atoms with van der Waals surface area (Å²) < 4.78 is 26.4. The van der Waals surface area contributed by atoms with Gasteiger partial charge in [0.1, 0.15) is 11.6 Å². The molecule has 3 N–H and O–H groups in total. The number of nitrogens with one attached hydrogen (secondary N) is 2. The average Bonchev–Trinajstić information content (AvgIpc) is 2.58. The number of carboxylic acid groups (broad SMARTS) is 1. The molecule has 18 heavy (non-hydrogen) atoms. The monoisotopic (exact) mass is 256 g/mol. The molecule has 1 aliphatic heterocycles. The molecule has 0 aromatic heterocycles. The van der Waals surface area contributed by atoms with Gasteiger partial charge in [0.2, 0.25) is 5.91 Å². The van der Waals surface area contributed by atoms with Gasteiger partial charge in [0.05, 0.1) is 12.1 Å². The van der Waals surface area contributed by atoms with E-state index in [0.717, 1.165) is 6.07 Å². The highest BCUT2D eigenvalue weighted by Crippen LogP contribution is 2.27. The third-order valence-corrected chi connectivity index (χ3v) is 2.73. The van der Waals surface area contributed by atoms with Crippen LogP contribution in [0.4, 0.5) is 13.6 Å². The molecule has 5 nitrogen and oxygen atoms in total. The zero-order chi connectivity index (χ0) is 13.3. The Balaban J connectivity index is 2.29. The van der Waals surface area contributed by atoms with Gasteiger partial charge in [-0.25, -0.2) is 13.6 Å². The first-order chi connectivity index (χ1) is 8.47. The zero-order valence-corrected chi connectivity index (χ0v) is 9.11. The van der Waals surface area contributed by atoms with E-state index < -0.39 is 29.8 Å². The Morgan fingerprint density at radius 1 is 1.44 bits per heavy atom. The van der Waals surface area contributed by atoms with Crippen LogP contribution in [0.1, 0.15) is 18.0 Å². The molecule has 1 saturated heterocycles. The summed E-state index contributed by atoms with van der Waals surface area (Å²) in [7, 11) is 0. The van der Waals surface area contributed by atoms with Crippen molar-refractivity contribution >= 4 is 12.0 Å². The predicted molar refractivity (Wildman–Crippen MR) is 56.8 cm³/mol. The molecule has 1 fully saturated rings. The first-order valence-corrected chi connectivity index (χ1v) is 5.21. The zero-order valence-electron chi connectivity index (χ0n) is 9.11. The van der Waals surface area contributed by atoms with Crippen molar-refractivity contribution in [2.24, 2.45) is 0 Å². The maximum Gasteiger partial charge on any atom is 0.404 e. The fourth-order valence-electron chi connectivity index (χ4n) is 1.99. The Bertz CT molecular complexity index is 507. The summed E-state index contributed by atoms with van der Waals surface area (Å²) in [6.45, 7) is 0. The predicted octanol–water partition coefficient (Wildman–Crippen LogP) is 1.16. The van der Waals surface area contributed by atoms with Crippen molar-refractivity contribution in [2.45, 2.75) is 18.5 Å². The first kappa shape index (κ1) is 12.3. The minimum absolute atomic E-state index is 0.0565. The summed E-state index contributed by atoms with van der Waals surface area (Å²) in [5.74, 6) is -1.94. The minimum Gasteiger partial charge on any atom is -0.465 e. The molecule has 0 aliphatic carbocycles. The summed E-state index contributed by atoms with van der Waals surface area (Å²) in [6, 6.07) is 1.35. The minimum atomic E-state index is -1.30. The Labute approximate surface area is 101 Å². The molecular formula is C11H10F2N2O3. The summed E-state index contributed by atoms with van der Waals surface area (Å²) in [6.07, 6.45) is -1.38. The van der Waals surface area contributed by atoms with Gasteiger partial charge in [-0.1, -0.05) is 6.07 Å².